The fraction of sp³-hybridized carbons (Fsp3) is 0.529. The van der Waals surface area contributed by atoms with Crippen LogP contribution in [0.4, 0.5) is 0 Å². The van der Waals surface area contributed by atoms with E-state index in [1.54, 1.807) is 0 Å². The Morgan fingerprint density at radius 2 is 2.04 bits per heavy atom. The minimum Gasteiger partial charge on any atom is -0.339 e. The standard InChI is InChI=1S/C17H24N6O/c1-12(2)15(17(24)22-10-6-9-14(18)11-22)23-20-16(19-21-23)13-7-4-3-5-8-13/h3-5,7-8,12,14-15H,6,9-11,18H2,1-2H3. The number of nitrogens with zero attached hydrogens (tertiary/aromatic N) is 5. The van der Waals surface area contributed by atoms with Gasteiger partial charge in [-0.3, -0.25) is 4.79 Å². The molecule has 1 aromatic carbocycles. The van der Waals surface area contributed by atoms with E-state index in [9.17, 15) is 4.79 Å². The molecule has 3 rings (SSSR count). The predicted octanol–water partition coefficient (Wildman–Crippen LogP) is 1.49. The molecule has 1 aliphatic heterocycles. The first-order valence-electron chi connectivity index (χ1n) is 8.45. The van der Waals surface area contributed by atoms with Gasteiger partial charge in [0.2, 0.25) is 11.7 Å². The zero-order valence-electron chi connectivity index (χ0n) is 14.2. The molecule has 0 radical (unpaired) electrons. The van der Waals surface area contributed by atoms with Crippen LogP contribution in [0.3, 0.4) is 0 Å². The summed E-state index contributed by atoms with van der Waals surface area (Å²) in [5.74, 6) is 0.620. The second kappa shape index (κ2) is 7.09. The third-order valence-electron chi connectivity index (χ3n) is 4.36. The molecule has 1 saturated heterocycles. The van der Waals surface area contributed by atoms with Crippen LogP contribution in [0, 0.1) is 5.92 Å². The molecule has 1 aliphatic rings. The van der Waals surface area contributed by atoms with E-state index in [2.05, 4.69) is 15.4 Å². The van der Waals surface area contributed by atoms with E-state index in [0.717, 1.165) is 24.9 Å². The number of carbonyl (C=O) groups is 1. The van der Waals surface area contributed by atoms with Gasteiger partial charge in [0, 0.05) is 24.7 Å². The number of rotatable bonds is 4. The lowest BCUT2D eigenvalue weighted by Crippen LogP contribution is -2.49. The second-order valence-corrected chi connectivity index (χ2v) is 6.67. The summed E-state index contributed by atoms with van der Waals surface area (Å²) in [7, 11) is 0. The van der Waals surface area contributed by atoms with Crippen molar-refractivity contribution in [2.75, 3.05) is 13.1 Å². The molecule has 2 heterocycles. The molecule has 2 atom stereocenters. The van der Waals surface area contributed by atoms with Crippen LogP contribution in [0.5, 0.6) is 0 Å². The minimum absolute atomic E-state index is 0.0251. The molecule has 1 aromatic heterocycles. The summed E-state index contributed by atoms with van der Waals surface area (Å²) < 4.78 is 0. The normalized spacial score (nSPS) is 19.5. The van der Waals surface area contributed by atoms with Crippen molar-refractivity contribution in [1.82, 2.24) is 25.1 Å². The predicted molar refractivity (Wildman–Crippen MR) is 90.9 cm³/mol. The number of hydrogen-bond donors (Lipinski definition) is 1. The van der Waals surface area contributed by atoms with Gasteiger partial charge in [0.05, 0.1) is 0 Å². The molecule has 0 saturated carbocycles. The van der Waals surface area contributed by atoms with Gasteiger partial charge in [0.25, 0.3) is 0 Å². The second-order valence-electron chi connectivity index (χ2n) is 6.67. The lowest BCUT2D eigenvalue weighted by Gasteiger charge is -2.34. The van der Waals surface area contributed by atoms with Crippen LogP contribution in [0.25, 0.3) is 11.4 Å². The Morgan fingerprint density at radius 1 is 1.29 bits per heavy atom. The van der Waals surface area contributed by atoms with Crippen molar-refractivity contribution in [3.63, 3.8) is 0 Å². The van der Waals surface area contributed by atoms with Gasteiger partial charge in [0.1, 0.15) is 0 Å². The third kappa shape index (κ3) is 3.46. The largest absolute Gasteiger partial charge is 0.339 e. The zero-order chi connectivity index (χ0) is 17.1. The smallest absolute Gasteiger partial charge is 0.249 e. The molecule has 7 heteroatoms. The summed E-state index contributed by atoms with van der Waals surface area (Å²) >= 11 is 0. The van der Waals surface area contributed by atoms with Gasteiger partial charge in [-0.1, -0.05) is 44.2 Å². The maximum atomic E-state index is 13.0. The minimum atomic E-state index is -0.458. The maximum absolute atomic E-state index is 13.0. The van der Waals surface area contributed by atoms with E-state index in [1.165, 1.54) is 4.80 Å². The van der Waals surface area contributed by atoms with E-state index in [1.807, 2.05) is 49.1 Å². The number of hydrogen-bond acceptors (Lipinski definition) is 5. The highest BCUT2D eigenvalue weighted by atomic mass is 16.2. The van der Waals surface area contributed by atoms with E-state index in [0.29, 0.717) is 12.4 Å². The Labute approximate surface area is 141 Å². The van der Waals surface area contributed by atoms with Crippen molar-refractivity contribution < 1.29 is 4.79 Å². The van der Waals surface area contributed by atoms with E-state index in [-0.39, 0.29) is 17.9 Å². The van der Waals surface area contributed by atoms with Crippen LogP contribution >= 0.6 is 0 Å². The molecule has 7 nitrogen and oxygen atoms in total. The SMILES string of the molecule is CC(C)C(C(=O)N1CCCC(N)C1)n1nnc(-c2ccccc2)n1. The average Bonchev–Trinajstić information content (AvgIpc) is 3.05. The summed E-state index contributed by atoms with van der Waals surface area (Å²) in [4.78, 5) is 16.3. The number of piperidine rings is 1. The number of carbonyl (C=O) groups excluding carboxylic acids is 1. The summed E-state index contributed by atoms with van der Waals surface area (Å²) in [6, 6.07) is 9.24. The first kappa shape index (κ1) is 16.6. The molecule has 24 heavy (non-hydrogen) atoms. The Balaban J connectivity index is 1.83. The van der Waals surface area contributed by atoms with E-state index in [4.69, 9.17) is 5.73 Å². The Morgan fingerprint density at radius 3 is 2.71 bits per heavy atom. The van der Waals surface area contributed by atoms with E-state index < -0.39 is 6.04 Å². The lowest BCUT2D eigenvalue weighted by atomic mass is 10.0. The monoisotopic (exact) mass is 328 g/mol. The van der Waals surface area contributed by atoms with Gasteiger partial charge < -0.3 is 10.6 Å². The van der Waals surface area contributed by atoms with Crippen LogP contribution in [-0.2, 0) is 4.79 Å². The first-order valence-corrected chi connectivity index (χ1v) is 8.45. The fourth-order valence-electron chi connectivity index (χ4n) is 3.09. The number of amides is 1. The molecule has 0 spiro atoms. The quantitative estimate of drug-likeness (QED) is 0.918. The van der Waals surface area contributed by atoms with Gasteiger partial charge >= 0.3 is 0 Å². The first-order chi connectivity index (χ1) is 11.6. The van der Waals surface area contributed by atoms with Gasteiger partial charge in [-0.05, 0) is 24.0 Å². The number of nitrogens with two attached hydrogens (primary N) is 1. The molecule has 1 amide bonds. The number of tetrazole rings is 1. The molecular formula is C17H24N6O. The molecule has 128 valence electrons. The molecular weight excluding hydrogens is 304 g/mol. The molecule has 2 aromatic rings. The molecule has 1 fully saturated rings. The van der Waals surface area contributed by atoms with E-state index >= 15 is 0 Å². The molecule has 0 bridgehead atoms. The summed E-state index contributed by atoms with van der Waals surface area (Å²) in [5.41, 5.74) is 6.90. The van der Waals surface area contributed by atoms with Crippen LogP contribution < -0.4 is 5.73 Å². The van der Waals surface area contributed by atoms with Crippen molar-refractivity contribution in [2.24, 2.45) is 11.7 Å². The van der Waals surface area contributed by atoms with Crippen molar-refractivity contribution in [3.8, 4) is 11.4 Å². The van der Waals surface area contributed by atoms with Gasteiger partial charge in [-0.25, -0.2) is 0 Å². The van der Waals surface area contributed by atoms with Crippen molar-refractivity contribution in [2.45, 2.75) is 38.8 Å². The molecule has 0 aliphatic carbocycles. The molecule has 2 N–H and O–H groups in total. The number of benzene rings is 1. The van der Waals surface area contributed by atoms with Crippen molar-refractivity contribution >= 4 is 5.91 Å². The Bertz CT molecular complexity index is 683. The van der Waals surface area contributed by atoms with Crippen molar-refractivity contribution in [3.05, 3.63) is 30.3 Å². The Kier molecular flexibility index (Phi) is 4.89. The topological polar surface area (TPSA) is 89.9 Å². The maximum Gasteiger partial charge on any atom is 0.249 e. The number of likely N-dealkylation sites (tertiary alicyclic amines) is 1. The van der Waals surface area contributed by atoms with Gasteiger partial charge in [-0.15, -0.1) is 10.2 Å². The highest BCUT2D eigenvalue weighted by molar-refractivity contribution is 5.80. The van der Waals surface area contributed by atoms with Crippen molar-refractivity contribution in [1.29, 1.82) is 0 Å². The lowest BCUT2D eigenvalue weighted by molar-refractivity contribution is -0.138. The molecule has 2 unspecified atom stereocenters. The van der Waals surface area contributed by atoms with Gasteiger partial charge in [-0.2, -0.15) is 4.80 Å². The summed E-state index contributed by atoms with van der Waals surface area (Å²) in [6.45, 7) is 5.34. The average molecular weight is 328 g/mol. The zero-order valence-corrected chi connectivity index (χ0v) is 14.2. The van der Waals surface area contributed by atoms with Crippen LogP contribution in [0.1, 0.15) is 32.7 Å². The van der Waals surface area contributed by atoms with Crippen LogP contribution in [0.15, 0.2) is 30.3 Å². The third-order valence-corrected chi connectivity index (χ3v) is 4.36. The number of aromatic nitrogens is 4. The fourth-order valence-corrected chi connectivity index (χ4v) is 3.09. The van der Waals surface area contributed by atoms with Crippen LogP contribution in [0.2, 0.25) is 0 Å². The highest BCUT2D eigenvalue weighted by Gasteiger charge is 2.33. The highest BCUT2D eigenvalue weighted by Crippen LogP contribution is 2.22. The van der Waals surface area contributed by atoms with Gasteiger partial charge in [0.15, 0.2) is 6.04 Å². The Hall–Kier alpha value is -2.28. The summed E-state index contributed by atoms with van der Waals surface area (Å²) in [5, 5.41) is 12.7. The van der Waals surface area contributed by atoms with Crippen LogP contribution in [-0.4, -0.2) is 50.1 Å². The summed E-state index contributed by atoms with van der Waals surface area (Å²) in [6.07, 6.45) is 1.91.